The van der Waals surface area contributed by atoms with Crippen LogP contribution in [0.5, 0.6) is 23.0 Å². The second-order valence-corrected chi connectivity index (χ2v) is 9.57. The van der Waals surface area contributed by atoms with Gasteiger partial charge in [0.1, 0.15) is 18.8 Å². The quantitative estimate of drug-likeness (QED) is 0.343. The number of fused-ring (bicyclic) bond motifs is 4. The van der Waals surface area contributed by atoms with Crippen molar-refractivity contribution in [3.63, 3.8) is 0 Å². The van der Waals surface area contributed by atoms with Gasteiger partial charge in [-0.25, -0.2) is 14.8 Å². The van der Waals surface area contributed by atoms with Gasteiger partial charge in [-0.2, -0.15) is 0 Å². The van der Waals surface area contributed by atoms with Crippen LogP contribution in [-0.2, 0) is 17.9 Å². The molecule has 4 aromatic rings. The van der Waals surface area contributed by atoms with E-state index in [1.54, 1.807) is 12.0 Å². The summed E-state index contributed by atoms with van der Waals surface area (Å²) in [5.41, 5.74) is 3.14. The van der Waals surface area contributed by atoms with Crippen LogP contribution >= 0.6 is 0 Å². The molecule has 40 heavy (non-hydrogen) atoms. The Labute approximate surface area is 231 Å². The van der Waals surface area contributed by atoms with Crippen LogP contribution in [0.1, 0.15) is 30.4 Å². The molecule has 10 heteroatoms. The van der Waals surface area contributed by atoms with E-state index in [1.807, 2.05) is 54.6 Å². The molecule has 10 nitrogen and oxygen atoms in total. The molecule has 0 fully saturated rings. The molecule has 0 saturated heterocycles. The van der Waals surface area contributed by atoms with Crippen molar-refractivity contribution in [2.24, 2.45) is 0 Å². The van der Waals surface area contributed by atoms with Crippen molar-refractivity contribution in [2.45, 2.75) is 32.4 Å². The van der Waals surface area contributed by atoms with E-state index in [1.165, 1.54) is 6.33 Å². The van der Waals surface area contributed by atoms with Crippen molar-refractivity contribution in [1.82, 2.24) is 14.9 Å². The molecule has 206 valence electrons. The summed E-state index contributed by atoms with van der Waals surface area (Å²) in [6.07, 6.45) is 3.60. The molecule has 6 rings (SSSR count). The third-order valence-corrected chi connectivity index (χ3v) is 6.94. The Morgan fingerprint density at radius 3 is 2.77 bits per heavy atom. The highest BCUT2D eigenvalue weighted by Crippen LogP contribution is 2.44. The van der Waals surface area contributed by atoms with E-state index >= 15 is 0 Å². The van der Waals surface area contributed by atoms with Gasteiger partial charge in [0.2, 0.25) is 6.79 Å². The third-order valence-electron chi connectivity index (χ3n) is 6.94. The SMILES string of the molecule is COc1cc2ncnc3c2cc1OCCCCCN(C(=O)OCc1ccccc1)Cc1ccc2c(c1N3)OCO2. The smallest absolute Gasteiger partial charge is 0.410 e. The van der Waals surface area contributed by atoms with Crippen LogP contribution in [0.4, 0.5) is 16.3 Å². The summed E-state index contributed by atoms with van der Waals surface area (Å²) >= 11 is 0. The maximum atomic E-state index is 13.3. The van der Waals surface area contributed by atoms with Crippen LogP contribution < -0.4 is 24.3 Å². The molecule has 2 aliphatic rings. The van der Waals surface area contributed by atoms with E-state index in [0.29, 0.717) is 59.7 Å². The average molecular weight is 543 g/mol. The van der Waals surface area contributed by atoms with Crippen LogP contribution in [0.15, 0.2) is 60.9 Å². The first-order chi connectivity index (χ1) is 19.7. The Kier molecular flexibility index (Phi) is 7.39. The molecule has 0 saturated carbocycles. The summed E-state index contributed by atoms with van der Waals surface area (Å²) in [6.45, 7) is 1.65. The van der Waals surface area contributed by atoms with E-state index in [0.717, 1.165) is 35.8 Å². The molecule has 1 N–H and O–H groups in total. The first-order valence-corrected chi connectivity index (χ1v) is 13.3. The minimum absolute atomic E-state index is 0.107. The van der Waals surface area contributed by atoms with Gasteiger partial charge in [-0.05, 0) is 42.5 Å². The highest BCUT2D eigenvalue weighted by molar-refractivity contribution is 5.94. The number of aromatic nitrogens is 2. The highest BCUT2D eigenvalue weighted by atomic mass is 16.7. The van der Waals surface area contributed by atoms with Crippen molar-refractivity contribution in [1.29, 1.82) is 0 Å². The number of nitrogens with one attached hydrogen (secondary N) is 1. The summed E-state index contributed by atoms with van der Waals surface area (Å²) in [7, 11) is 1.61. The molecule has 0 unspecified atom stereocenters. The third kappa shape index (κ3) is 5.38. The minimum atomic E-state index is -0.381. The number of benzene rings is 3. The summed E-state index contributed by atoms with van der Waals surface area (Å²) < 4.78 is 28.9. The number of rotatable bonds is 3. The summed E-state index contributed by atoms with van der Waals surface area (Å²) in [6, 6.07) is 17.2. The molecule has 0 aliphatic carbocycles. The zero-order valence-corrected chi connectivity index (χ0v) is 22.2. The number of nitrogens with zero attached hydrogens (tertiary/aromatic N) is 3. The topological polar surface area (TPSA) is 104 Å². The molecular weight excluding hydrogens is 512 g/mol. The van der Waals surface area contributed by atoms with Gasteiger partial charge in [-0.1, -0.05) is 36.4 Å². The highest BCUT2D eigenvalue weighted by Gasteiger charge is 2.25. The Balaban J connectivity index is 1.37. The molecule has 0 radical (unpaired) electrons. The lowest BCUT2D eigenvalue weighted by Gasteiger charge is -2.24. The lowest BCUT2D eigenvalue weighted by Crippen LogP contribution is -2.32. The Bertz CT molecular complexity index is 1510. The fraction of sp³-hybridized carbons (Fsp3) is 0.300. The number of methoxy groups -OCH3 is 1. The number of carbonyl (C=O) groups is 1. The first kappa shape index (κ1) is 25.5. The number of hydrogen-bond donors (Lipinski definition) is 1. The van der Waals surface area contributed by atoms with E-state index < -0.39 is 0 Å². The number of amides is 1. The minimum Gasteiger partial charge on any atom is -0.493 e. The summed E-state index contributed by atoms with van der Waals surface area (Å²) in [5.74, 6) is 2.97. The number of ether oxygens (including phenoxy) is 5. The molecule has 2 bridgehead atoms. The van der Waals surface area contributed by atoms with Gasteiger partial charge in [0.25, 0.3) is 0 Å². The van der Waals surface area contributed by atoms with Crippen LogP contribution in [0.3, 0.4) is 0 Å². The molecule has 1 aromatic heterocycles. The number of carbonyl (C=O) groups excluding carboxylic acids is 1. The number of hydrogen-bond acceptors (Lipinski definition) is 9. The predicted molar refractivity (Wildman–Crippen MR) is 148 cm³/mol. The lowest BCUT2D eigenvalue weighted by atomic mass is 10.1. The van der Waals surface area contributed by atoms with Gasteiger partial charge in [0.05, 0.1) is 31.5 Å². The summed E-state index contributed by atoms with van der Waals surface area (Å²) in [5, 5.41) is 4.21. The molecule has 1 amide bonds. The van der Waals surface area contributed by atoms with Gasteiger partial charge in [-0.3, -0.25) is 0 Å². The van der Waals surface area contributed by atoms with Gasteiger partial charge >= 0.3 is 6.09 Å². The Morgan fingerprint density at radius 1 is 1.00 bits per heavy atom. The van der Waals surface area contributed by atoms with Gasteiger partial charge in [-0.15, -0.1) is 0 Å². The van der Waals surface area contributed by atoms with E-state index in [-0.39, 0.29) is 19.5 Å². The van der Waals surface area contributed by atoms with Crippen LogP contribution in [0.25, 0.3) is 10.9 Å². The summed E-state index contributed by atoms with van der Waals surface area (Å²) in [4.78, 5) is 24.0. The maximum absolute atomic E-state index is 13.3. The molecule has 3 heterocycles. The fourth-order valence-corrected chi connectivity index (χ4v) is 4.85. The second-order valence-electron chi connectivity index (χ2n) is 9.57. The molecule has 0 spiro atoms. The molecule has 0 atom stereocenters. The van der Waals surface area contributed by atoms with E-state index in [4.69, 9.17) is 23.7 Å². The molecular formula is C30H30N4O6. The van der Waals surface area contributed by atoms with Crippen LogP contribution in [0, 0.1) is 0 Å². The largest absolute Gasteiger partial charge is 0.493 e. The van der Waals surface area contributed by atoms with Crippen molar-refractivity contribution in [3.05, 3.63) is 72.1 Å². The van der Waals surface area contributed by atoms with Crippen molar-refractivity contribution >= 4 is 28.5 Å². The Hall–Kier alpha value is -4.73. The van der Waals surface area contributed by atoms with Crippen LogP contribution in [-0.4, -0.2) is 48.0 Å². The first-order valence-electron chi connectivity index (χ1n) is 13.3. The fourth-order valence-electron chi connectivity index (χ4n) is 4.85. The lowest BCUT2D eigenvalue weighted by molar-refractivity contribution is 0.0928. The van der Waals surface area contributed by atoms with Crippen molar-refractivity contribution < 1.29 is 28.5 Å². The van der Waals surface area contributed by atoms with E-state index in [2.05, 4.69) is 15.3 Å². The normalized spacial score (nSPS) is 14.9. The average Bonchev–Trinajstić information content (AvgIpc) is 3.47. The standard InChI is InChI=1S/C30H30N4O6/c1-36-25-15-23-22-14-26(25)37-13-7-3-6-12-34(30(35)38-17-20-8-4-2-5-9-20)16-21-10-11-24-28(40-19-39-24)27(21)33-29(22)32-18-31-23/h2,4-5,8-11,14-15,18H,3,6-7,12-13,16-17,19H2,1H3,(H,31,32,33). The molecule has 2 aliphatic heterocycles. The molecule has 3 aromatic carbocycles. The van der Waals surface area contributed by atoms with Crippen molar-refractivity contribution in [3.8, 4) is 23.0 Å². The second kappa shape index (κ2) is 11.6. The monoisotopic (exact) mass is 542 g/mol. The van der Waals surface area contributed by atoms with E-state index in [9.17, 15) is 4.79 Å². The predicted octanol–water partition coefficient (Wildman–Crippen LogP) is 5.81. The van der Waals surface area contributed by atoms with Crippen molar-refractivity contribution in [2.75, 3.05) is 32.4 Å². The number of anilines is 2. The zero-order chi connectivity index (χ0) is 27.3. The van der Waals surface area contributed by atoms with Gasteiger partial charge < -0.3 is 33.9 Å². The van der Waals surface area contributed by atoms with Gasteiger partial charge in [0.15, 0.2) is 23.0 Å². The maximum Gasteiger partial charge on any atom is 0.410 e. The van der Waals surface area contributed by atoms with Gasteiger partial charge in [0, 0.05) is 18.0 Å². The Morgan fingerprint density at radius 2 is 1.90 bits per heavy atom. The zero-order valence-electron chi connectivity index (χ0n) is 22.2. The van der Waals surface area contributed by atoms with Crippen LogP contribution in [0.2, 0.25) is 0 Å².